The molecule has 0 radical (unpaired) electrons. The second-order valence-electron chi connectivity index (χ2n) is 8.09. The van der Waals surface area contributed by atoms with E-state index in [1.165, 1.54) is 7.11 Å². The molecule has 0 aromatic heterocycles. The number of carbonyl (C=O) groups excluding carboxylic acids is 2. The van der Waals surface area contributed by atoms with E-state index in [4.69, 9.17) is 9.47 Å². The quantitative estimate of drug-likeness (QED) is 0.781. The Morgan fingerprint density at radius 2 is 1.86 bits per heavy atom. The number of carbonyl (C=O) groups is 2. The third-order valence-corrected chi connectivity index (χ3v) is 6.37. The predicted molar refractivity (Wildman–Crippen MR) is 105 cm³/mol. The van der Waals surface area contributed by atoms with Crippen molar-refractivity contribution in [3.63, 3.8) is 0 Å². The van der Waals surface area contributed by atoms with Gasteiger partial charge in [0, 0.05) is 44.8 Å². The van der Waals surface area contributed by atoms with Gasteiger partial charge in [-0.1, -0.05) is 0 Å². The van der Waals surface area contributed by atoms with Crippen LogP contribution in [0.3, 0.4) is 0 Å². The van der Waals surface area contributed by atoms with Crippen molar-refractivity contribution >= 4 is 17.6 Å². The SMILES string of the molecule is COC(=O)c1ccc(N2CCN(CC3CC4(CCNCC4)C(=O)O3)CC2)cc1. The molecule has 3 heterocycles. The summed E-state index contributed by atoms with van der Waals surface area (Å²) in [5, 5.41) is 3.34. The molecule has 0 saturated carbocycles. The Morgan fingerprint density at radius 1 is 1.18 bits per heavy atom. The molecule has 1 atom stereocenters. The van der Waals surface area contributed by atoms with Crippen molar-refractivity contribution in [3.05, 3.63) is 29.8 Å². The zero-order chi connectivity index (χ0) is 19.6. The number of ether oxygens (including phenoxy) is 2. The molecule has 0 bridgehead atoms. The highest BCUT2D eigenvalue weighted by molar-refractivity contribution is 5.89. The zero-order valence-corrected chi connectivity index (χ0v) is 16.5. The first-order valence-corrected chi connectivity index (χ1v) is 10.2. The number of hydrogen-bond donors (Lipinski definition) is 1. The summed E-state index contributed by atoms with van der Waals surface area (Å²) < 4.78 is 10.5. The van der Waals surface area contributed by atoms with Gasteiger partial charge in [-0.2, -0.15) is 0 Å². The van der Waals surface area contributed by atoms with Crippen LogP contribution in [0.2, 0.25) is 0 Å². The fourth-order valence-corrected chi connectivity index (χ4v) is 4.66. The lowest BCUT2D eigenvalue weighted by atomic mass is 9.76. The van der Waals surface area contributed by atoms with Crippen molar-refractivity contribution in [2.24, 2.45) is 5.41 Å². The van der Waals surface area contributed by atoms with E-state index in [0.29, 0.717) is 5.56 Å². The van der Waals surface area contributed by atoms with E-state index < -0.39 is 0 Å². The van der Waals surface area contributed by atoms with E-state index in [9.17, 15) is 9.59 Å². The lowest BCUT2D eigenvalue weighted by Gasteiger charge is -2.37. The molecule has 3 fully saturated rings. The van der Waals surface area contributed by atoms with Gasteiger partial charge in [0.1, 0.15) is 6.10 Å². The Balaban J connectivity index is 1.28. The summed E-state index contributed by atoms with van der Waals surface area (Å²) in [4.78, 5) is 28.7. The normalized spacial score (nSPS) is 25.0. The van der Waals surface area contributed by atoms with Gasteiger partial charge in [-0.05, 0) is 50.2 Å². The molecule has 7 nitrogen and oxygen atoms in total. The van der Waals surface area contributed by atoms with Crippen LogP contribution < -0.4 is 10.2 Å². The Kier molecular flexibility index (Phi) is 5.55. The molecule has 7 heteroatoms. The minimum atomic E-state index is -0.311. The number of esters is 2. The largest absolute Gasteiger partial charge is 0.465 e. The molecule has 0 aliphatic carbocycles. The van der Waals surface area contributed by atoms with Crippen LogP contribution in [0.15, 0.2) is 24.3 Å². The third kappa shape index (κ3) is 3.86. The molecule has 152 valence electrons. The molecule has 3 aliphatic rings. The first kappa shape index (κ1) is 19.2. The minimum Gasteiger partial charge on any atom is -0.465 e. The van der Waals surface area contributed by atoms with Crippen LogP contribution in [0, 0.1) is 5.41 Å². The van der Waals surface area contributed by atoms with Gasteiger partial charge in [-0.25, -0.2) is 4.79 Å². The van der Waals surface area contributed by atoms with Crippen LogP contribution in [0.1, 0.15) is 29.6 Å². The number of rotatable bonds is 4. The fourth-order valence-electron chi connectivity index (χ4n) is 4.66. The van der Waals surface area contributed by atoms with Gasteiger partial charge in [0.2, 0.25) is 0 Å². The summed E-state index contributed by atoms with van der Waals surface area (Å²) in [6, 6.07) is 7.57. The van der Waals surface area contributed by atoms with Crippen molar-refractivity contribution in [2.45, 2.75) is 25.4 Å². The molecule has 1 aromatic rings. The van der Waals surface area contributed by atoms with E-state index in [1.807, 2.05) is 24.3 Å². The van der Waals surface area contributed by atoms with Gasteiger partial charge in [0.15, 0.2) is 0 Å². The number of nitrogens with one attached hydrogen (secondary N) is 1. The maximum absolute atomic E-state index is 12.4. The Morgan fingerprint density at radius 3 is 2.50 bits per heavy atom. The smallest absolute Gasteiger partial charge is 0.337 e. The standard InChI is InChI=1S/C21H29N3O4/c1-27-19(25)16-2-4-17(5-3-16)24-12-10-23(11-13-24)15-18-14-21(20(26)28-18)6-8-22-9-7-21/h2-5,18,22H,6-15H2,1H3. The minimum absolute atomic E-state index is 0.0170. The number of methoxy groups -OCH3 is 1. The molecular weight excluding hydrogens is 358 g/mol. The van der Waals surface area contributed by atoms with Gasteiger partial charge >= 0.3 is 11.9 Å². The second-order valence-corrected chi connectivity index (χ2v) is 8.09. The Bertz CT molecular complexity index is 707. The molecule has 28 heavy (non-hydrogen) atoms. The zero-order valence-electron chi connectivity index (χ0n) is 16.5. The highest BCUT2D eigenvalue weighted by Gasteiger charge is 2.49. The summed E-state index contributed by atoms with van der Waals surface area (Å²) in [6.45, 7) is 6.39. The van der Waals surface area contributed by atoms with Gasteiger partial charge in [0.25, 0.3) is 0 Å². The van der Waals surface area contributed by atoms with Crippen LogP contribution >= 0.6 is 0 Å². The van der Waals surface area contributed by atoms with E-state index in [-0.39, 0.29) is 23.5 Å². The highest BCUT2D eigenvalue weighted by atomic mass is 16.6. The van der Waals surface area contributed by atoms with E-state index >= 15 is 0 Å². The number of nitrogens with zero attached hydrogens (tertiary/aromatic N) is 2. The summed E-state index contributed by atoms with van der Waals surface area (Å²) in [5.41, 5.74) is 1.45. The van der Waals surface area contributed by atoms with Crippen molar-refractivity contribution in [2.75, 3.05) is 57.8 Å². The third-order valence-electron chi connectivity index (χ3n) is 6.37. The first-order chi connectivity index (χ1) is 13.6. The van der Waals surface area contributed by atoms with E-state index in [1.54, 1.807) is 0 Å². The average molecular weight is 387 g/mol. The lowest BCUT2D eigenvalue weighted by molar-refractivity contribution is -0.150. The summed E-state index contributed by atoms with van der Waals surface area (Å²) >= 11 is 0. The van der Waals surface area contributed by atoms with Gasteiger partial charge in [-0.3, -0.25) is 9.69 Å². The maximum atomic E-state index is 12.4. The summed E-state index contributed by atoms with van der Waals surface area (Å²) in [5.74, 6) is -0.294. The Labute approximate surface area is 166 Å². The number of piperazine rings is 1. The number of benzene rings is 1. The summed E-state index contributed by atoms with van der Waals surface area (Å²) in [6.07, 6.45) is 2.69. The molecular formula is C21H29N3O4. The van der Waals surface area contributed by atoms with Gasteiger partial charge in [0.05, 0.1) is 18.1 Å². The molecule has 3 saturated heterocycles. The molecule has 4 rings (SSSR count). The van der Waals surface area contributed by atoms with Crippen LogP contribution in [0.5, 0.6) is 0 Å². The van der Waals surface area contributed by atoms with Crippen LogP contribution in [0.25, 0.3) is 0 Å². The first-order valence-electron chi connectivity index (χ1n) is 10.2. The molecule has 1 aromatic carbocycles. The van der Waals surface area contributed by atoms with Crippen molar-refractivity contribution < 1.29 is 19.1 Å². The molecule has 3 aliphatic heterocycles. The van der Waals surface area contributed by atoms with Crippen LogP contribution in [0.4, 0.5) is 5.69 Å². The molecule has 1 unspecified atom stereocenters. The van der Waals surface area contributed by atoms with Crippen molar-refractivity contribution in [1.29, 1.82) is 0 Å². The van der Waals surface area contributed by atoms with E-state index in [0.717, 1.165) is 70.8 Å². The number of anilines is 1. The van der Waals surface area contributed by atoms with Crippen molar-refractivity contribution in [3.8, 4) is 0 Å². The lowest BCUT2D eigenvalue weighted by Crippen LogP contribution is -2.48. The predicted octanol–water partition coefficient (Wildman–Crippen LogP) is 1.28. The topological polar surface area (TPSA) is 71.1 Å². The van der Waals surface area contributed by atoms with Gasteiger partial charge in [-0.15, -0.1) is 0 Å². The second kappa shape index (κ2) is 8.09. The fraction of sp³-hybridized carbons (Fsp3) is 0.619. The number of hydrogen-bond acceptors (Lipinski definition) is 7. The number of piperidine rings is 1. The maximum Gasteiger partial charge on any atom is 0.337 e. The highest BCUT2D eigenvalue weighted by Crippen LogP contribution is 2.41. The van der Waals surface area contributed by atoms with Crippen LogP contribution in [-0.4, -0.2) is 75.9 Å². The van der Waals surface area contributed by atoms with Crippen molar-refractivity contribution in [1.82, 2.24) is 10.2 Å². The van der Waals surface area contributed by atoms with Crippen LogP contribution in [-0.2, 0) is 14.3 Å². The molecule has 1 N–H and O–H groups in total. The molecule has 1 spiro atoms. The Hall–Kier alpha value is -2.12. The average Bonchev–Trinajstić information content (AvgIpc) is 3.02. The number of cyclic esters (lactones) is 1. The van der Waals surface area contributed by atoms with Gasteiger partial charge < -0.3 is 19.7 Å². The van der Waals surface area contributed by atoms with E-state index in [2.05, 4.69) is 15.1 Å². The summed E-state index contributed by atoms with van der Waals surface area (Å²) in [7, 11) is 1.39. The molecule has 0 amide bonds. The monoisotopic (exact) mass is 387 g/mol.